The van der Waals surface area contributed by atoms with Gasteiger partial charge in [0.15, 0.2) is 0 Å². The number of nitrogens with zero attached hydrogens (tertiary/aromatic N) is 1. The molecule has 0 saturated carbocycles. The van der Waals surface area contributed by atoms with Crippen molar-refractivity contribution in [3.8, 4) is 0 Å². The Morgan fingerprint density at radius 3 is 2.62 bits per heavy atom. The maximum absolute atomic E-state index is 13.8. The van der Waals surface area contributed by atoms with Gasteiger partial charge in [-0.3, -0.25) is 10.1 Å². The number of alkyl halides is 2. The van der Waals surface area contributed by atoms with Gasteiger partial charge in [0.25, 0.3) is 5.69 Å². The van der Waals surface area contributed by atoms with E-state index >= 15 is 0 Å². The second kappa shape index (κ2) is 7.48. The van der Waals surface area contributed by atoms with Crippen molar-refractivity contribution in [1.29, 1.82) is 0 Å². The van der Waals surface area contributed by atoms with E-state index in [4.69, 9.17) is 17.3 Å². The van der Waals surface area contributed by atoms with E-state index in [1.54, 1.807) is 0 Å². The molecule has 0 bridgehead atoms. The smallest absolute Gasteiger partial charge is 0.379 e. The number of ether oxygens (including phenoxy) is 1. The van der Waals surface area contributed by atoms with E-state index in [1.165, 1.54) is 6.92 Å². The number of hydrogen-bond donors (Lipinski definition) is 1. The van der Waals surface area contributed by atoms with E-state index < -0.39 is 34.1 Å². The molecule has 10 heteroatoms. The fourth-order valence-corrected chi connectivity index (χ4v) is 1.67. The molecule has 0 heterocycles. The van der Waals surface area contributed by atoms with Crippen LogP contribution in [0.1, 0.15) is 18.5 Å². The van der Waals surface area contributed by atoms with Crippen LogP contribution < -0.4 is 5.73 Å². The number of benzene rings is 1. The second-order valence-corrected chi connectivity index (χ2v) is 4.19. The van der Waals surface area contributed by atoms with Crippen molar-refractivity contribution in [1.82, 2.24) is 0 Å². The van der Waals surface area contributed by atoms with Gasteiger partial charge in [-0.25, -0.2) is 4.79 Å². The highest BCUT2D eigenvalue weighted by Gasteiger charge is 2.48. The van der Waals surface area contributed by atoms with Crippen LogP contribution in [0.4, 0.5) is 14.5 Å². The zero-order valence-electron chi connectivity index (χ0n) is 10.7. The third kappa shape index (κ3) is 4.23. The minimum Gasteiger partial charge on any atom is -0.462 e. The molecule has 0 aliphatic rings. The number of rotatable bonds is 5. The zero-order valence-corrected chi connectivity index (χ0v) is 12.3. The first kappa shape index (κ1) is 19.5. The third-order valence-electron chi connectivity index (χ3n) is 2.46. The summed E-state index contributed by atoms with van der Waals surface area (Å²) in [7, 11) is 0. The highest BCUT2D eigenvalue weighted by Crippen LogP contribution is 2.36. The van der Waals surface area contributed by atoms with Crippen LogP contribution in [0.3, 0.4) is 0 Å². The van der Waals surface area contributed by atoms with Crippen molar-refractivity contribution in [2.45, 2.75) is 18.9 Å². The molecule has 0 aromatic heterocycles. The molecule has 0 unspecified atom stereocenters. The molecule has 0 aliphatic heterocycles. The van der Waals surface area contributed by atoms with Gasteiger partial charge in [-0.2, -0.15) is 8.78 Å². The van der Waals surface area contributed by atoms with Gasteiger partial charge in [-0.15, -0.1) is 12.4 Å². The molecular weight excluding hydrogens is 333 g/mol. The van der Waals surface area contributed by atoms with Crippen LogP contribution in [0.15, 0.2) is 18.2 Å². The molecule has 0 spiro atoms. The molecule has 0 fully saturated rings. The summed E-state index contributed by atoms with van der Waals surface area (Å²) in [5.74, 6) is -5.86. The average Bonchev–Trinajstić information content (AvgIpc) is 2.38. The quantitative estimate of drug-likeness (QED) is 0.503. The molecule has 0 amide bonds. The fourth-order valence-electron chi connectivity index (χ4n) is 1.43. The Morgan fingerprint density at radius 1 is 1.57 bits per heavy atom. The summed E-state index contributed by atoms with van der Waals surface area (Å²) in [5.41, 5.74) is 4.45. The summed E-state index contributed by atoms with van der Waals surface area (Å²) in [6.45, 7) is 1.11. The molecule has 21 heavy (non-hydrogen) atoms. The van der Waals surface area contributed by atoms with E-state index in [9.17, 15) is 23.7 Å². The van der Waals surface area contributed by atoms with Crippen molar-refractivity contribution in [2.24, 2.45) is 5.73 Å². The molecular formula is C11H12Cl2F2N2O4. The lowest BCUT2D eigenvalue weighted by Gasteiger charge is -2.22. The molecule has 1 rings (SSSR count). The molecule has 1 aromatic carbocycles. The number of esters is 1. The number of carbonyl (C=O) groups excluding carboxylic acids is 1. The number of nitro groups is 1. The van der Waals surface area contributed by atoms with E-state index in [-0.39, 0.29) is 24.0 Å². The van der Waals surface area contributed by atoms with Gasteiger partial charge in [0.05, 0.1) is 11.5 Å². The molecule has 0 saturated heterocycles. The SMILES string of the molecule is CCOC(=O)C(F)(F)[C@@H](N)c1cc([N+](=O)[O-])ccc1Cl.Cl. The van der Waals surface area contributed by atoms with E-state index in [1.807, 2.05) is 0 Å². The van der Waals surface area contributed by atoms with Crippen LogP contribution in [0, 0.1) is 10.1 Å². The number of halogens is 4. The van der Waals surface area contributed by atoms with Crippen LogP contribution in [-0.4, -0.2) is 23.4 Å². The number of nitrogens with two attached hydrogens (primary N) is 1. The third-order valence-corrected chi connectivity index (χ3v) is 2.81. The molecule has 2 N–H and O–H groups in total. The minimum absolute atomic E-state index is 0. The van der Waals surface area contributed by atoms with Crippen molar-refractivity contribution in [3.05, 3.63) is 38.9 Å². The van der Waals surface area contributed by atoms with Crippen LogP contribution >= 0.6 is 24.0 Å². The Hall–Kier alpha value is -1.51. The van der Waals surface area contributed by atoms with Crippen molar-refractivity contribution in [3.63, 3.8) is 0 Å². The van der Waals surface area contributed by atoms with Crippen LogP contribution in [0.25, 0.3) is 0 Å². The summed E-state index contributed by atoms with van der Waals surface area (Å²) in [4.78, 5) is 21.0. The van der Waals surface area contributed by atoms with Gasteiger partial charge in [0.1, 0.15) is 6.04 Å². The number of non-ortho nitro benzene ring substituents is 1. The summed E-state index contributed by atoms with van der Waals surface area (Å²) >= 11 is 5.70. The lowest BCUT2D eigenvalue weighted by molar-refractivity contribution is -0.385. The van der Waals surface area contributed by atoms with Gasteiger partial charge < -0.3 is 10.5 Å². The predicted molar refractivity (Wildman–Crippen MR) is 73.9 cm³/mol. The number of hydrogen-bond acceptors (Lipinski definition) is 5. The lowest BCUT2D eigenvalue weighted by Crippen LogP contribution is -2.41. The van der Waals surface area contributed by atoms with E-state index in [2.05, 4.69) is 4.74 Å². The highest BCUT2D eigenvalue weighted by molar-refractivity contribution is 6.31. The van der Waals surface area contributed by atoms with Gasteiger partial charge in [-0.1, -0.05) is 11.6 Å². The summed E-state index contributed by atoms with van der Waals surface area (Å²) in [6, 6.07) is 0.770. The Labute approximate surface area is 129 Å². The van der Waals surface area contributed by atoms with Crippen molar-refractivity contribution >= 4 is 35.7 Å². The number of carbonyl (C=O) groups is 1. The first-order valence-corrected chi connectivity index (χ1v) is 5.84. The Kier molecular flexibility index (Phi) is 6.95. The predicted octanol–water partition coefficient (Wildman–Crippen LogP) is 2.87. The molecule has 1 aromatic rings. The molecule has 6 nitrogen and oxygen atoms in total. The monoisotopic (exact) mass is 344 g/mol. The topological polar surface area (TPSA) is 95.5 Å². The highest BCUT2D eigenvalue weighted by atomic mass is 35.5. The Bertz CT molecular complexity index is 543. The minimum atomic E-state index is -4.05. The molecule has 1 atom stereocenters. The zero-order chi connectivity index (χ0) is 15.5. The summed E-state index contributed by atoms with van der Waals surface area (Å²) < 4.78 is 31.8. The first-order chi connectivity index (χ1) is 9.21. The van der Waals surface area contributed by atoms with Crippen molar-refractivity contribution < 1.29 is 23.2 Å². The fraction of sp³-hybridized carbons (Fsp3) is 0.364. The largest absolute Gasteiger partial charge is 0.462 e. The van der Waals surface area contributed by atoms with Crippen LogP contribution in [-0.2, 0) is 9.53 Å². The molecule has 0 radical (unpaired) electrons. The number of nitro benzene ring substituents is 1. The van der Waals surface area contributed by atoms with E-state index in [0.717, 1.165) is 18.2 Å². The van der Waals surface area contributed by atoms with E-state index in [0.29, 0.717) is 0 Å². The van der Waals surface area contributed by atoms with Crippen molar-refractivity contribution in [2.75, 3.05) is 6.61 Å². The first-order valence-electron chi connectivity index (χ1n) is 5.46. The molecule has 0 aliphatic carbocycles. The summed E-state index contributed by atoms with van der Waals surface area (Å²) in [5, 5.41) is 10.4. The van der Waals surface area contributed by atoms with Gasteiger partial charge in [0.2, 0.25) is 0 Å². The average molecular weight is 345 g/mol. The lowest BCUT2D eigenvalue weighted by atomic mass is 10.0. The maximum Gasteiger partial charge on any atom is 0.379 e. The van der Waals surface area contributed by atoms with Gasteiger partial charge in [-0.05, 0) is 13.0 Å². The summed E-state index contributed by atoms with van der Waals surface area (Å²) in [6.07, 6.45) is 0. The Morgan fingerprint density at radius 2 is 2.14 bits per heavy atom. The normalized spacial score (nSPS) is 12.2. The maximum atomic E-state index is 13.8. The van der Waals surface area contributed by atoms with Gasteiger partial charge >= 0.3 is 11.9 Å². The standard InChI is InChI=1S/C11H11ClF2N2O4.ClH/c1-2-20-10(17)11(13,14)9(15)7-5-6(16(18)19)3-4-8(7)12;/h3-5,9H,2,15H2,1H3;1H/t9-;/m0./s1. The Balaban J connectivity index is 0.00000400. The molecule has 118 valence electrons. The van der Waals surface area contributed by atoms with Crippen LogP contribution in [0.5, 0.6) is 0 Å². The van der Waals surface area contributed by atoms with Crippen LogP contribution in [0.2, 0.25) is 5.02 Å². The second-order valence-electron chi connectivity index (χ2n) is 3.78. The van der Waals surface area contributed by atoms with Gasteiger partial charge in [0, 0.05) is 22.7 Å².